The number of rotatable bonds is 8. The molecule has 1 unspecified atom stereocenters. The number of nitrogens with zero attached hydrogens (tertiary/aromatic N) is 2. The molecule has 0 saturated carbocycles. The first-order valence-electron chi connectivity index (χ1n) is 12.3. The minimum Gasteiger partial charge on any atom is -0.503 e. The number of benzene rings is 3. The van der Waals surface area contributed by atoms with Crippen molar-refractivity contribution in [3.63, 3.8) is 0 Å². The number of amides is 1. The molecule has 200 valence electrons. The lowest BCUT2D eigenvalue weighted by molar-refractivity contribution is -0.117. The average molecular weight is 553 g/mol. The minimum absolute atomic E-state index is 0.110. The second-order valence-corrected chi connectivity index (χ2v) is 9.82. The third-order valence-electron chi connectivity index (χ3n) is 6.22. The standard InChI is InChI=1S/C31H24N2O6S/c1-19-28(30(37)38-2)40-31(32-19)33-26(21-12-9-15-23(18-21)39-22-13-7-4-8-14-22)25(27(35)29(33)36)24(34)17-16-20-10-5-3-6-11-20/h3-18,26,35H,1-2H3. The Bertz CT molecular complexity index is 1640. The van der Waals surface area contributed by atoms with Crippen molar-refractivity contribution in [2.45, 2.75) is 13.0 Å². The van der Waals surface area contributed by atoms with E-state index in [1.165, 1.54) is 18.1 Å². The number of carbonyl (C=O) groups excluding carboxylic acids is 3. The molecule has 2 heterocycles. The summed E-state index contributed by atoms with van der Waals surface area (Å²) in [5.41, 5.74) is 1.55. The summed E-state index contributed by atoms with van der Waals surface area (Å²) in [4.78, 5) is 45.2. The number of aromatic nitrogens is 1. The largest absolute Gasteiger partial charge is 0.503 e. The molecule has 0 spiro atoms. The van der Waals surface area contributed by atoms with Crippen LogP contribution in [0.5, 0.6) is 11.5 Å². The van der Waals surface area contributed by atoms with Crippen LogP contribution in [0, 0.1) is 6.92 Å². The molecule has 0 saturated heterocycles. The highest BCUT2D eigenvalue weighted by Crippen LogP contribution is 2.44. The number of aryl methyl sites for hydroxylation is 1. The molecular formula is C31H24N2O6S. The number of carbonyl (C=O) groups is 3. The van der Waals surface area contributed by atoms with Crippen LogP contribution in [-0.2, 0) is 14.3 Å². The summed E-state index contributed by atoms with van der Waals surface area (Å²) in [5, 5.41) is 11.2. The van der Waals surface area contributed by atoms with Gasteiger partial charge in [-0.15, -0.1) is 0 Å². The molecule has 40 heavy (non-hydrogen) atoms. The van der Waals surface area contributed by atoms with Crippen LogP contribution in [0.1, 0.15) is 32.5 Å². The van der Waals surface area contributed by atoms with Crippen molar-refractivity contribution in [1.82, 2.24) is 4.98 Å². The molecule has 0 fully saturated rings. The van der Waals surface area contributed by atoms with E-state index >= 15 is 0 Å². The van der Waals surface area contributed by atoms with Crippen molar-refractivity contribution >= 4 is 40.2 Å². The number of ether oxygens (including phenoxy) is 2. The number of methoxy groups -OCH3 is 1. The van der Waals surface area contributed by atoms with Gasteiger partial charge < -0.3 is 14.6 Å². The van der Waals surface area contributed by atoms with Gasteiger partial charge in [0.1, 0.15) is 16.4 Å². The highest BCUT2D eigenvalue weighted by Gasteiger charge is 2.45. The molecule has 1 aliphatic heterocycles. The molecule has 1 N–H and O–H groups in total. The smallest absolute Gasteiger partial charge is 0.350 e. The van der Waals surface area contributed by atoms with E-state index in [4.69, 9.17) is 9.47 Å². The number of anilines is 1. The zero-order valence-electron chi connectivity index (χ0n) is 21.6. The molecule has 5 rings (SSSR count). The van der Waals surface area contributed by atoms with Crippen molar-refractivity contribution in [3.05, 3.63) is 124 Å². The number of aliphatic hydroxyl groups excluding tert-OH is 1. The second kappa shape index (κ2) is 11.4. The predicted molar refractivity (Wildman–Crippen MR) is 152 cm³/mol. The molecule has 1 atom stereocenters. The van der Waals surface area contributed by atoms with Crippen LogP contribution in [0.2, 0.25) is 0 Å². The Balaban J connectivity index is 1.59. The lowest BCUT2D eigenvalue weighted by Gasteiger charge is -2.24. The number of aliphatic hydroxyl groups is 1. The number of para-hydroxylation sites is 1. The van der Waals surface area contributed by atoms with E-state index in [0.29, 0.717) is 22.8 Å². The molecule has 0 radical (unpaired) electrons. The summed E-state index contributed by atoms with van der Waals surface area (Å²) in [6.45, 7) is 1.62. The normalized spacial score (nSPS) is 15.1. The Morgan fingerprint density at radius 3 is 2.35 bits per heavy atom. The first-order chi connectivity index (χ1) is 19.4. The zero-order chi connectivity index (χ0) is 28.2. The second-order valence-electron chi connectivity index (χ2n) is 8.84. The van der Waals surface area contributed by atoms with Crippen LogP contribution in [0.25, 0.3) is 6.08 Å². The summed E-state index contributed by atoms with van der Waals surface area (Å²) < 4.78 is 10.8. The number of hydrogen-bond acceptors (Lipinski definition) is 8. The Morgan fingerprint density at radius 2 is 1.65 bits per heavy atom. The Morgan fingerprint density at radius 1 is 0.975 bits per heavy atom. The molecule has 8 nitrogen and oxygen atoms in total. The van der Waals surface area contributed by atoms with Gasteiger partial charge in [0.25, 0.3) is 5.91 Å². The number of hydrogen-bond donors (Lipinski definition) is 1. The number of allylic oxidation sites excluding steroid dienone is 1. The fraction of sp³-hybridized carbons (Fsp3) is 0.0968. The van der Waals surface area contributed by atoms with Crippen LogP contribution in [0.15, 0.2) is 102 Å². The van der Waals surface area contributed by atoms with E-state index < -0.39 is 29.5 Å². The fourth-order valence-electron chi connectivity index (χ4n) is 4.34. The SMILES string of the molecule is COC(=O)c1sc(N2C(=O)C(O)=C(C(=O)C=Cc3ccccc3)C2c2cccc(Oc3ccccc3)c2)nc1C. The van der Waals surface area contributed by atoms with Crippen molar-refractivity contribution in [2.24, 2.45) is 0 Å². The summed E-state index contributed by atoms with van der Waals surface area (Å²) in [7, 11) is 1.26. The van der Waals surface area contributed by atoms with Gasteiger partial charge in [-0.2, -0.15) is 0 Å². The Hall–Kier alpha value is -5.02. The van der Waals surface area contributed by atoms with Gasteiger partial charge in [-0.3, -0.25) is 14.5 Å². The van der Waals surface area contributed by atoms with Gasteiger partial charge in [-0.25, -0.2) is 9.78 Å². The molecule has 3 aromatic carbocycles. The van der Waals surface area contributed by atoms with Gasteiger partial charge in [-0.1, -0.05) is 78.1 Å². The van der Waals surface area contributed by atoms with E-state index in [2.05, 4.69) is 4.98 Å². The quantitative estimate of drug-likeness (QED) is 0.205. The monoisotopic (exact) mass is 552 g/mol. The fourth-order valence-corrected chi connectivity index (χ4v) is 5.35. The summed E-state index contributed by atoms with van der Waals surface area (Å²) >= 11 is 0.946. The van der Waals surface area contributed by atoms with Gasteiger partial charge >= 0.3 is 5.97 Å². The van der Waals surface area contributed by atoms with Crippen LogP contribution in [0.3, 0.4) is 0 Å². The van der Waals surface area contributed by atoms with E-state index in [1.54, 1.807) is 49.4 Å². The number of ketones is 1. The highest BCUT2D eigenvalue weighted by atomic mass is 32.1. The van der Waals surface area contributed by atoms with Crippen LogP contribution in [-0.4, -0.2) is 34.9 Å². The highest BCUT2D eigenvalue weighted by molar-refractivity contribution is 7.17. The van der Waals surface area contributed by atoms with Gasteiger partial charge in [0.05, 0.1) is 24.4 Å². The first-order valence-corrected chi connectivity index (χ1v) is 13.1. The van der Waals surface area contributed by atoms with Gasteiger partial charge in [0.15, 0.2) is 16.7 Å². The van der Waals surface area contributed by atoms with Crippen molar-refractivity contribution in [2.75, 3.05) is 12.0 Å². The maximum Gasteiger partial charge on any atom is 0.350 e. The van der Waals surface area contributed by atoms with E-state index in [9.17, 15) is 19.5 Å². The summed E-state index contributed by atoms with van der Waals surface area (Å²) in [6, 6.07) is 24.3. The minimum atomic E-state index is -1.03. The Labute approximate surface area is 234 Å². The van der Waals surface area contributed by atoms with E-state index in [0.717, 1.165) is 16.9 Å². The van der Waals surface area contributed by atoms with Crippen molar-refractivity contribution in [3.8, 4) is 11.5 Å². The lowest BCUT2D eigenvalue weighted by Crippen LogP contribution is -2.30. The molecule has 0 aliphatic carbocycles. The third-order valence-corrected chi connectivity index (χ3v) is 7.35. The first kappa shape index (κ1) is 26.6. The molecule has 1 aromatic heterocycles. The van der Waals surface area contributed by atoms with E-state index in [1.807, 2.05) is 48.5 Å². The zero-order valence-corrected chi connectivity index (χ0v) is 22.4. The molecule has 0 bridgehead atoms. The molecule has 4 aromatic rings. The maximum atomic E-state index is 13.5. The Kier molecular flexibility index (Phi) is 7.56. The van der Waals surface area contributed by atoms with E-state index in [-0.39, 0.29) is 15.6 Å². The number of thiazole rings is 1. The number of esters is 1. The van der Waals surface area contributed by atoms with Crippen LogP contribution >= 0.6 is 11.3 Å². The summed E-state index contributed by atoms with van der Waals surface area (Å²) in [6.07, 6.45) is 2.94. The molecule has 1 amide bonds. The topological polar surface area (TPSA) is 106 Å². The molecular weight excluding hydrogens is 528 g/mol. The molecule has 9 heteroatoms. The average Bonchev–Trinajstić information content (AvgIpc) is 3.48. The molecule has 1 aliphatic rings. The lowest BCUT2D eigenvalue weighted by atomic mass is 9.95. The third kappa shape index (κ3) is 5.27. The van der Waals surface area contributed by atoms with Crippen LogP contribution < -0.4 is 9.64 Å². The van der Waals surface area contributed by atoms with Gasteiger partial charge in [0, 0.05) is 0 Å². The maximum absolute atomic E-state index is 13.5. The van der Waals surface area contributed by atoms with Crippen LogP contribution in [0.4, 0.5) is 5.13 Å². The van der Waals surface area contributed by atoms with Crippen molar-refractivity contribution in [1.29, 1.82) is 0 Å². The van der Waals surface area contributed by atoms with Gasteiger partial charge in [0.2, 0.25) is 0 Å². The van der Waals surface area contributed by atoms with Gasteiger partial charge in [-0.05, 0) is 48.4 Å². The van der Waals surface area contributed by atoms with Crippen molar-refractivity contribution < 1.29 is 29.0 Å². The predicted octanol–water partition coefficient (Wildman–Crippen LogP) is 6.21. The summed E-state index contributed by atoms with van der Waals surface area (Å²) in [5.74, 6) is -1.55.